The van der Waals surface area contributed by atoms with Crippen LogP contribution in [0, 0.1) is 0 Å². The van der Waals surface area contributed by atoms with Crippen molar-refractivity contribution in [3.63, 3.8) is 0 Å². The summed E-state index contributed by atoms with van der Waals surface area (Å²) in [6.07, 6.45) is -11.8. The fraction of sp³-hybridized carbons (Fsp3) is 1.00. The van der Waals surface area contributed by atoms with E-state index < -0.39 is 68.0 Å². The summed E-state index contributed by atoms with van der Waals surface area (Å²) in [6.45, 7) is -0.186. The molecule has 10 atom stereocenters. The van der Waals surface area contributed by atoms with Gasteiger partial charge in [0.2, 0.25) is 0 Å². The molecule has 0 aromatic carbocycles. The zero-order chi connectivity index (χ0) is 21.6. The standard InChI is InChI=1S/C17H33NO11/c18-4-2-1-3-5-26-16-14(24)13(23)11(21)9(29-16)7-27-17-15(25)12(22)10(20)8(6-19)28-17/h8-17,19-25H,1-7,18H2/t8-,9-,10-,11-,12+,13+,14+,15+,16+,17+/m1/s1. The normalized spacial score (nSPS) is 43.4. The molecular weight excluding hydrogens is 394 g/mol. The predicted molar refractivity (Wildman–Crippen MR) is 95.3 cm³/mol. The Morgan fingerprint density at radius 3 is 1.79 bits per heavy atom. The summed E-state index contributed by atoms with van der Waals surface area (Å²) in [5.41, 5.74) is 5.41. The van der Waals surface area contributed by atoms with Crippen LogP contribution in [0.5, 0.6) is 0 Å². The fourth-order valence-electron chi connectivity index (χ4n) is 3.21. The van der Waals surface area contributed by atoms with E-state index in [2.05, 4.69) is 0 Å². The Kier molecular flexibility index (Phi) is 10.1. The predicted octanol–water partition coefficient (Wildman–Crippen LogP) is -4.24. The summed E-state index contributed by atoms with van der Waals surface area (Å²) >= 11 is 0. The largest absolute Gasteiger partial charge is 0.394 e. The zero-order valence-corrected chi connectivity index (χ0v) is 16.1. The zero-order valence-electron chi connectivity index (χ0n) is 16.1. The first-order valence-corrected chi connectivity index (χ1v) is 9.75. The van der Waals surface area contributed by atoms with Gasteiger partial charge in [0.1, 0.15) is 48.8 Å². The highest BCUT2D eigenvalue weighted by Crippen LogP contribution is 2.26. The Hall–Kier alpha value is -0.480. The average Bonchev–Trinajstić information content (AvgIpc) is 2.72. The van der Waals surface area contributed by atoms with E-state index in [4.69, 9.17) is 24.7 Å². The van der Waals surface area contributed by atoms with Crippen LogP contribution >= 0.6 is 0 Å². The van der Waals surface area contributed by atoms with Crippen LogP contribution in [-0.2, 0) is 18.9 Å². The second-order valence-corrected chi connectivity index (χ2v) is 7.27. The number of hydrogen-bond acceptors (Lipinski definition) is 12. The molecule has 2 heterocycles. The Bertz CT molecular complexity index is 471. The third-order valence-electron chi connectivity index (χ3n) is 5.07. The van der Waals surface area contributed by atoms with Gasteiger partial charge in [-0.2, -0.15) is 0 Å². The number of ether oxygens (including phenoxy) is 4. The highest BCUT2D eigenvalue weighted by atomic mass is 16.7. The van der Waals surface area contributed by atoms with Gasteiger partial charge in [-0.15, -0.1) is 0 Å². The van der Waals surface area contributed by atoms with Crippen LogP contribution in [0.4, 0.5) is 0 Å². The van der Waals surface area contributed by atoms with Gasteiger partial charge in [0.15, 0.2) is 12.6 Å². The van der Waals surface area contributed by atoms with Crippen LogP contribution in [0.1, 0.15) is 19.3 Å². The first-order valence-electron chi connectivity index (χ1n) is 9.75. The highest BCUT2D eigenvalue weighted by Gasteiger charge is 2.47. The molecule has 0 saturated carbocycles. The second-order valence-electron chi connectivity index (χ2n) is 7.27. The molecule has 12 nitrogen and oxygen atoms in total. The molecule has 2 saturated heterocycles. The van der Waals surface area contributed by atoms with E-state index in [0.29, 0.717) is 13.0 Å². The van der Waals surface area contributed by atoms with Gasteiger partial charge in [0.05, 0.1) is 13.2 Å². The maximum atomic E-state index is 10.1. The lowest BCUT2D eigenvalue weighted by molar-refractivity contribution is -0.331. The first-order chi connectivity index (χ1) is 13.8. The summed E-state index contributed by atoms with van der Waals surface area (Å²) in [7, 11) is 0. The molecule has 9 N–H and O–H groups in total. The van der Waals surface area contributed by atoms with E-state index in [9.17, 15) is 35.7 Å². The van der Waals surface area contributed by atoms with Crippen molar-refractivity contribution in [2.24, 2.45) is 5.73 Å². The monoisotopic (exact) mass is 427 g/mol. The minimum Gasteiger partial charge on any atom is -0.394 e. The van der Waals surface area contributed by atoms with E-state index >= 15 is 0 Å². The van der Waals surface area contributed by atoms with Crippen LogP contribution < -0.4 is 5.73 Å². The van der Waals surface area contributed by atoms with Crippen molar-refractivity contribution in [2.45, 2.75) is 80.7 Å². The van der Waals surface area contributed by atoms with Gasteiger partial charge < -0.3 is 60.4 Å². The molecule has 0 bridgehead atoms. The van der Waals surface area contributed by atoms with E-state index in [0.717, 1.165) is 12.8 Å². The summed E-state index contributed by atoms with van der Waals surface area (Å²) in [4.78, 5) is 0. The molecule has 2 aliphatic heterocycles. The number of nitrogens with two attached hydrogens (primary N) is 1. The van der Waals surface area contributed by atoms with E-state index in [-0.39, 0.29) is 13.2 Å². The molecule has 2 aliphatic rings. The average molecular weight is 427 g/mol. The first kappa shape index (κ1) is 24.8. The fourth-order valence-corrected chi connectivity index (χ4v) is 3.21. The number of aliphatic hydroxyl groups is 7. The van der Waals surface area contributed by atoms with Crippen molar-refractivity contribution in [1.82, 2.24) is 0 Å². The van der Waals surface area contributed by atoms with Crippen molar-refractivity contribution in [1.29, 1.82) is 0 Å². The van der Waals surface area contributed by atoms with Crippen molar-refractivity contribution >= 4 is 0 Å². The van der Waals surface area contributed by atoms with Crippen LogP contribution in [0.3, 0.4) is 0 Å². The molecule has 0 aromatic heterocycles. The Morgan fingerprint density at radius 1 is 0.655 bits per heavy atom. The molecule has 172 valence electrons. The molecule has 0 aliphatic carbocycles. The van der Waals surface area contributed by atoms with Crippen LogP contribution in [-0.4, -0.2) is 124 Å². The van der Waals surface area contributed by atoms with Gasteiger partial charge in [0, 0.05) is 6.61 Å². The Balaban J connectivity index is 1.89. The Labute approximate surface area is 168 Å². The number of aliphatic hydroxyl groups excluding tert-OH is 7. The van der Waals surface area contributed by atoms with Gasteiger partial charge >= 0.3 is 0 Å². The van der Waals surface area contributed by atoms with Crippen molar-refractivity contribution in [3.8, 4) is 0 Å². The van der Waals surface area contributed by atoms with E-state index in [1.54, 1.807) is 0 Å². The maximum Gasteiger partial charge on any atom is 0.186 e. The van der Waals surface area contributed by atoms with Gasteiger partial charge in [-0.3, -0.25) is 0 Å². The maximum absolute atomic E-state index is 10.1. The summed E-state index contributed by atoms with van der Waals surface area (Å²) in [5, 5.41) is 69.0. The quantitative estimate of drug-likeness (QED) is 0.156. The molecule has 0 aromatic rings. The summed E-state index contributed by atoms with van der Waals surface area (Å²) in [6, 6.07) is 0. The second kappa shape index (κ2) is 11.8. The van der Waals surface area contributed by atoms with Gasteiger partial charge in [-0.05, 0) is 25.8 Å². The minimum absolute atomic E-state index is 0.255. The summed E-state index contributed by atoms with van der Waals surface area (Å²) in [5.74, 6) is 0. The molecule has 0 spiro atoms. The molecule has 2 fully saturated rings. The number of unbranched alkanes of at least 4 members (excludes halogenated alkanes) is 2. The van der Waals surface area contributed by atoms with Gasteiger partial charge in [-0.1, -0.05) is 0 Å². The molecule has 0 radical (unpaired) electrons. The number of rotatable bonds is 10. The SMILES string of the molecule is NCCCCCO[C@H]1O[C@H](CO[C@H]2O[C@H](CO)[C@@H](O)[C@H](O)[C@@H]2O)[C@@H](O)[C@H](O)[C@@H]1O. The van der Waals surface area contributed by atoms with Crippen LogP contribution in [0.15, 0.2) is 0 Å². The topological polar surface area (TPSA) is 205 Å². The van der Waals surface area contributed by atoms with E-state index in [1.807, 2.05) is 0 Å². The van der Waals surface area contributed by atoms with Crippen molar-refractivity contribution in [3.05, 3.63) is 0 Å². The third-order valence-corrected chi connectivity index (χ3v) is 5.07. The third kappa shape index (κ3) is 6.26. The minimum atomic E-state index is -1.61. The molecular formula is C17H33NO11. The number of hydrogen-bond donors (Lipinski definition) is 8. The highest BCUT2D eigenvalue weighted by molar-refractivity contribution is 4.91. The van der Waals surface area contributed by atoms with Crippen LogP contribution in [0.2, 0.25) is 0 Å². The van der Waals surface area contributed by atoms with Crippen molar-refractivity contribution < 1.29 is 54.7 Å². The molecule has 12 heteroatoms. The van der Waals surface area contributed by atoms with E-state index in [1.165, 1.54) is 0 Å². The molecule has 2 rings (SSSR count). The summed E-state index contributed by atoms with van der Waals surface area (Å²) < 4.78 is 21.5. The molecule has 0 unspecified atom stereocenters. The van der Waals surface area contributed by atoms with Gasteiger partial charge in [-0.25, -0.2) is 0 Å². The lowest BCUT2D eigenvalue weighted by Gasteiger charge is -2.42. The van der Waals surface area contributed by atoms with Gasteiger partial charge in [0.25, 0.3) is 0 Å². The van der Waals surface area contributed by atoms with Crippen LogP contribution in [0.25, 0.3) is 0 Å². The lowest BCUT2D eigenvalue weighted by Crippen LogP contribution is -2.61. The smallest absolute Gasteiger partial charge is 0.186 e. The molecule has 29 heavy (non-hydrogen) atoms. The Morgan fingerprint density at radius 2 is 1.21 bits per heavy atom. The molecule has 0 amide bonds. The van der Waals surface area contributed by atoms with Crippen molar-refractivity contribution in [2.75, 3.05) is 26.4 Å². The lowest BCUT2D eigenvalue weighted by atomic mass is 9.98.